The van der Waals surface area contributed by atoms with Gasteiger partial charge in [0.25, 0.3) is 5.56 Å². The molecule has 0 saturated heterocycles. The van der Waals surface area contributed by atoms with Gasteiger partial charge >= 0.3 is 0 Å². The van der Waals surface area contributed by atoms with Crippen LogP contribution in [0.25, 0.3) is 0 Å². The second kappa shape index (κ2) is 4.77. The summed E-state index contributed by atoms with van der Waals surface area (Å²) < 4.78 is 6.33. The Morgan fingerprint density at radius 1 is 1.64 bits per heavy atom. The van der Waals surface area contributed by atoms with Gasteiger partial charge in [0.05, 0.1) is 12.6 Å². The average Bonchev–Trinajstić information content (AvgIpc) is 2.11. The van der Waals surface area contributed by atoms with E-state index >= 15 is 0 Å². The number of rotatable bonds is 3. The summed E-state index contributed by atoms with van der Waals surface area (Å²) >= 11 is 11.3. The highest BCUT2D eigenvalue weighted by atomic mass is 35.5. The van der Waals surface area contributed by atoms with Gasteiger partial charge in [-0.15, -0.1) is 0 Å². The summed E-state index contributed by atoms with van der Waals surface area (Å²) in [5, 5.41) is 0.0676. The number of ether oxygens (including phenoxy) is 1. The molecule has 0 spiro atoms. The highest BCUT2D eigenvalue weighted by Gasteiger charge is 2.10. The summed E-state index contributed by atoms with van der Waals surface area (Å²) in [6.07, 6.45) is 1.44. The minimum absolute atomic E-state index is 0.120. The fourth-order valence-corrected chi connectivity index (χ4v) is 1.52. The van der Waals surface area contributed by atoms with Gasteiger partial charge in [-0.25, -0.2) is 4.98 Å². The molecule has 1 atom stereocenters. The maximum Gasteiger partial charge on any atom is 0.288 e. The zero-order valence-corrected chi connectivity index (χ0v) is 9.34. The van der Waals surface area contributed by atoms with Crippen LogP contribution in [0.5, 0.6) is 0 Å². The highest BCUT2D eigenvalue weighted by Crippen LogP contribution is 2.10. The van der Waals surface area contributed by atoms with Crippen molar-refractivity contribution < 1.29 is 4.74 Å². The minimum Gasteiger partial charge on any atom is -0.383 e. The molecule has 0 unspecified atom stereocenters. The maximum atomic E-state index is 11.5. The Bertz CT molecular complexity index is 378. The molecule has 78 valence electrons. The summed E-state index contributed by atoms with van der Waals surface area (Å²) in [6.45, 7) is 2.24. The Morgan fingerprint density at radius 2 is 2.29 bits per heavy atom. The van der Waals surface area contributed by atoms with Gasteiger partial charge in [0.2, 0.25) is 0 Å². The lowest BCUT2D eigenvalue weighted by atomic mass is 10.3. The molecule has 0 fully saturated rings. The Hall–Kier alpha value is -0.580. The van der Waals surface area contributed by atoms with Crippen molar-refractivity contribution in [3.05, 3.63) is 26.9 Å². The van der Waals surface area contributed by atoms with Crippen LogP contribution in [0.1, 0.15) is 13.0 Å². The van der Waals surface area contributed by atoms with Gasteiger partial charge in [0.15, 0.2) is 5.15 Å². The van der Waals surface area contributed by atoms with Gasteiger partial charge in [-0.05, 0) is 6.92 Å². The van der Waals surface area contributed by atoms with Gasteiger partial charge < -0.3 is 9.30 Å². The van der Waals surface area contributed by atoms with E-state index < -0.39 is 0 Å². The van der Waals surface area contributed by atoms with E-state index in [9.17, 15) is 4.79 Å². The van der Waals surface area contributed by atoms with Crippen molar-refractivity contribution in [2.45, 2.75) is 13.0 Å². The fourth-order valence-electron chi connectivity index (χ4n) is 1.10. The van der Waals surface area contributed by atoms with Gasteiger partial charge in [0.1, 0.15) is 5.15 Å². The Morgan fingerprint density at radius 3 is 2.86 bits per heavy atom. The van der Waals surface area contributed by atoms with Crippen molar-refractivity contribution in [1.82, 2.24) is 9.55 Å². The van der Waals surface area contributed by atoms with Crippen LogP contribution in [-0.2, 0) is 4.74 Å². The summed E-state index contributed by atoms with van der Waals surface area (Å²) in [5.74, 6) is 0. The van der Waals surface area contributed by atoms with Crippen molar-refractivity contribution >= 4 is 23.2 Å². The van der Waals surface area contributed by atoms with Gasteiger partial charge in [-0.3, -0.25) is 4.79 Å². The third kappa shape index (κ3) is 2.47. The molecule has 0 aliphatic rings. The monoisotopic (exact) mass is 236 g/mol. The van der Waals surface area contributed by atoms with Crippen LogP contribution in [0.15, 0.2) is 11.0 Å². The Labute approximate surface area is 91.4 Å². The SMILES string of the molecule is COC[C@@H](C)n1cc(Cl)nc(Cl)c1=O. The quantitative estimate of drug-likeness (QED) is 0.804. The van der Waals surface area contributed by atoms with Crippen LogP contribution in [0.3, 0.4) is 0 Å². The third-order valence-corrected chi connectivity index (χ3v) is 2.17. The van der Waals surface area contributed by atoms with Crippen molar-refractivity contribution in [3.63, 3.8) is 0 Å². The van der Waals surface area contributed by atoms with Crippen molar-refractivity contribution in [1.29, 1.82) is 0 Å². The minimum atomic E-state index is -0.361. The predicted octanol–water partition coefficient (Wildman–Crippen LogP) is 1.76. The van der Waals surface area contributed by atoms with Crippen molar-refractivity contribution in [3.8, 4) is 0 Å². The zero-order chi connectivity index (χ0) is 10.7. The summed E-state index contributed by atoms with van der Waals surface area (Å²) in [6, 6.07) is -0.120. The number of aromatic nitrogens is 2. The van der Waals surface area contributed by atoms with E-state index in [2.05, 4.69) is 4.98 Å². The van der Waals surface area contributed by atoms with Crippen LogP contribution in [-0.4, -0.2) is 23.3 Å². The number of methoxy groups -OCH3 is 1. The first-order valence-corrected chi connectivity index (χ1v) is 4.75. The molecule has 0 N–H and O–H groups in total. The van der Waals surface area contributed by atoms with E-state index in [1.165, 1.54) is 10.8 Å². The third-order valence-electron chi connectivity index (χ3n) is 1.74. The van der Waals surface area contributed by atoms with E-state index in [4.69, 9.17) is 27.9 Å². The summed E-state index contributed by atoms with van der Waals surface area (Å²) in [7, 11) is 1.56. The molecule has 0 saturated carbocycles. The fraction of sp³-hybridized carbons (Fsp3) is 0.500. The smallest absolute Gasteiger partial charge is 0.288 e. The van der Waals surface area contributed by atoms with Crippen LogP contribution < -0.4 is 5.56 Å². The number of nitrogens with zero attached hydrogens (tertiary/aromatic N) is 2. The van der Waals surface area contributed by atoms with Crippen LogP contribution in [0.2, 0.25) is 10.3 Å². The van der Waals surface area contributed by atoms with Gasteiger partial charge in [0, 0.05) is 13.3 Å². The topological polar surface area (TPSA) is 44.1 Å². The van der Waals surface area contributed by atoms with Crippen LogP contribution in [0.4, 0.5) is 0 Å². The molecule has 1 rings (SSSR count). The van der Waals surface area contributed by atoms with Gasteiger partial charge in [-0.1, -0.05) is 23.2 Å². The standard InChI is InChI=1S/C8H10Cl2N2O2/c1-5(4-14-2)12-3-6(9)11-7(10)8(12)13/h3,5H,4H2,1-2H3/t5-/m1/s1. The molecule has 1 heterocycles. The van der Waals surface area contributed by atoms with E-state index in [-0.39, 0.29) is 21.9 Å². The largest absolute Gasteiger partial charge is 0.383 e. The predicted molar refractivity (Wildman–Crippen MR) is 55.1 cm³/mol. The van der Waals surface area contributed by atoms with Gasteiger partial charge in [-0.2, -0.15) is 0 Å². The highest BCUT2D eigenvalue weighted by molar-refractivity contribution is 6.32. The van der Waals surface area contributed by atoms with E-state index in [0.717, 1.165) is 0 Å². The lowest BCUT2D eigenvalue weighted by Crippen LogP contribution is -2.26. The van der Waals surface area contributed by atoms with Crippen LogP contribution >= 0.6 is 23.2 Å². The second-order valence-corrected chi connectivity index (χ2v) is 3.62. The zero-order valence-electron chi connectivity index (χ0n) is 7.83. The molecule has 0 aliphatic heterocycles. The van der Waals surface area contributed by atoms with Crippen molar-refractivity contribution in [2.75, 3.05) is 13.7 Å². The molecular formula is C8H10Cl2N2O2. The first kappa shape index (κ1) is 11.5. The first-order chi connectivity index (χ1) is 6.56. The molecule has 4 nitrogen and oxygen atoms in total. The lowest BCUT2D eigenvalue weighted by Gasteiger charge is -2.13. The summed E-state index contributed by atoms with van der Waals surface area (Å²) in [4.78, 5) is 15.1. The first-order valence-electron chi connectivity index (χ1n) is 3.99. The summed E-state index contributed by atoms with van der Waals surface area (Å²) in [5.41, 5.74) is -0.361. The molecule has 0 aliphatic carbocycles. The maximum absolute atomic E-state index is 11.5. The normalized spacial score (nSPS) is 12.9. The molecule has 6 heteroatoms. The Kier molecular flexibility index (Phi) is 3.92. The van der Waals surface area contributed by atoms with E-state index in [1.54, 1.807) is 7.11 Å². The molecular weight excluding hydrogens is 227 g/mol. The van der Waals surface area contributed by atoms with E-state index in [0.29, 0.717) is 6.61 Å². The number of hydrogen-bond acceptors (Lipinski definition) is 3. The molecule has 0 aromatic carbocycles. The number of hydrogen-bond donors (Lipinski definition) is 0. The molecule has 0 amide bonds. The second-order valence-electron chi connectivity index (χ2n) is 2.87. The number of halogens is 2. The van der Waals surface area contributed by atoms with Crippen LogP contribution in [0, 0.1) is 0 Å². The molecule has 14 heavy (non-hydrogen) atoms. The molecule has 1 aromatic heterocycles. The average molecular weight is 237 g/mol. The van der Waals surface area contributed by atoms with E-state index in [1.807, 2.05) is 6.92 Å². The molecule has 0 bridgehead atoms. The Balaban J connectivity index is 3.13. The van der Waals surface area contributed by atoms with Crippen molar-refractivity contribution in [2.24, 2.45) is 0 Å². The molecule has 1 aromatic rings. The molecule has 0 radical (unpaired) electrons. The lowest BCUT2D eigenvalue weighted by molar-refractivity contribution is 0.160.